The minimum atomic E-state index is 0.230. The van der Waals surface area contributed by atoms with Gasteiger partial charge >= 0.3 is 0 Å². The molecule has 0 radical (unpaired) electrons. The zero-order valence-corrected chi connectivity index (χ0v) is 12.6. The number of morpholine rings is 1. The maximum atomic E-state index is 5.90. The molecule has 2 atom stereocenters. The molecule has 3 heterocycles. The average Bonchev–Trinajstić information content (AvgIpc) is 3.01. The molecule has 1 aromatic heterocycles. The van der Waals surface area contributed by atoms with Gasteiger partial charge in [0, 0.05) is 46.0 Å². The number of hydrogen-bond donors (Lipinski definition) is 0. The Morgan fingerprint density at radius 1 is 1.43 bits per heavy atom. The van der Waals surface area contributed by atoms with Crippen molar-refractivity contribution in [2.75, 3.05) is 57.9 Å². The van der Waals surface area contributed by atoms with Crippen molar-refractivity contribution >= 4 is 5.82 Å². The molecule has 2 aliphatic rings. The molecular formula is C15H24N4O2. The molecule has 6 nitrogen and oxygen atoms in total. The standard InChI is InChI=1S/C15H24N4O2/c1-18(15-3-2-5-16-17-15)10-14-11-19(6-8-21-14)9-13-4-7-20-12-13/h2-3,5,13-14H,4,6-12H2,1H3/t13-,14+/m0/s1. The molecular weight excluding hydrogens is 268 g/mol. The molecule has 0 N–H and O–H groups in total. The molecule has 116 valence electrons. The van der Waals surface area contributed by atoms with Crippen LogP contribution >= 0.6 is 0 Å². The fourth-order valence-electron chi connectivity index (χ4n) is 3.05. The molecule has 21 heavy (non-hydrogen) atoms. The van der Waals surface area contributed by atoms with Crippen LogP contribution in [-0.2, 0) is 9.47 Å². The number of ether oxygens (including phenoxy) is 2. The van der Waals surface area contributed by atoms with Gasteiger partial charge in [0.25, 0.3) is 0 Å². The van der Waals surface area contributed by atoms with E-state index in [4.69, 9.17) is 9.47 Å². The summed E-state index contributed by atoms with van der Waals surface area (Å²) in [4.78, 5) is 4.62. The van der Waals surface area contributed by atoms with E-state index in [0.29, 0.717) is 5.92 Å². The van der Waals surface area contributed by atoms with Crippen molar-refractivity contribution in [1.82, 2.24) is 15.1 Å². The highest BCUT2D eigenvalue weighted by Gasteiger charge is 2.25. The average molecular weight is 292 g/mol. The Labute approximate surface area is 126 Å². The molecule has 1 aromatic rings. The van der Waals surface area contributed by atoms with Crippen molar-refractivity contribution in [2.24, 2.45) is 5.92 Å². The summed E-state index contributed by atoms with van der Waals surface area (Å²) in [5.74, 6) is 1.59. The third-order valence-electron chi connectivity index (χ3n) is 4.19. The second-order valence-corrected chi connectivity index (χ2v) is 5.94. The predicted molar refractivity (Wildman–Crippen MR) is 80.4 cm³/mol. The minimum Gasteiger partial charge on any atom is -0.381 e. The summed E-state index contributed by atoms with van der Waals surface area (Å²) < 4.78 is 11.4. The highest BCUT2D eigenvalue weighted by Crippen LogP contribution is 2.17. The molecule has 6 heteroatoms. The Hall–Kier alpha value is -1.24. The highest BCUT2D eigenvalue weighted by atomic mass is 16.5. The SMILES string of the molecule is CN(C[C@@H]1CN(C[C@@H]2CCOC2)CCO1)c1cccnn1. The first-order valence-electron chi connectivity index (χ1n) is 7.72. The summed E-state index contributed by atoms with van der Waals surface area (Å²) >= 11 is 0. The number of nitrogens with zero attached hydrogens (tertiary/aromatic N) is 4. The molecule has 0 aromatic carbocycles. The van der Waals surface area contributed by atoms with Crippen molar-refractivity contribution in [3.8, 4) is 0 Å². The van der Waals surface area contributed by atoms with Crippen LogP contribution in [0.5, 0.6) is 0 Å². The molecule has 0 unspecified atom stereocenters. The van der Waals surface area contributed by atoms with E-state index in [1.807, 2.05) is 19.2 Å². The molecule has 0 bridgehead atoms. The van der Waals surface area contributed by atoms with Crippen molar-refractivity contribution in [2.45, 2.75) is 12.5 Å². The Morgan fingerprint density at radius 3 is 3.14 bits per heavy atom. The van der Waals surface area contributed by atoms with Gasteiger partial charge in [0.2, 0.25) is 0 Å². The van der Waals surface area contributed by atoms with Crippen LogP contribution in [0.4, 0.5) is 5.82 Å². The lowest BCUT2D eigenvalue weighted by molar-refractivity contribution is -0.0284. The summed E-state index contributed by atoms with van der Waals surface area (Å²) in [6.45, 7) is 6.65. The lowest BCUT2D eigenvalue weighted by Crippen LogP contribution is -2.48. The van der Waals surface area contributed by atoms with Gasteiger partial charge in [0.05, 0.1) is 19.3 Å². The van der Waals surface area contributed by atoms with Gasteiger partial charge in [-0.15, -0.1) is 5.10 Å². The summed E-state index contributed by atoms with van der Waals surface area (Å²) in [7, 11) is 2.04. The van der Waals surface area contributed by atoms with E-state index in [1.165, 1.54) is 6.42 Å². The lowest BCUT2D eigenvalue weighted by Gasteiger charge is -2.35. The van der Waals surface area contributed by atoms with E-state index in [1.54, 1.807) is 6.20 Å². The summed E-state index contributed by atoms with van der Waals surface area (Å²) in [6, 6.07) is 3.89. The van der Waals surface area contributed by atoms with Gasteiger partial charge in [0.15, 0.2) is 5.82 Å². The number of rotatable bonds is 5. The number of anilines is 1. The van der Waals surface area contributed by atoms with Gasteiger partial charge in [-0.25, -0.2) is 0 Å². The van der Waals surface area contributed by atoms with E-state index >= 15 is 0 Å². The first kappa shape index (κ1) is 14.7. The number of likely N-dealkylation sites (N-methyl/N-ethyl adjacent to an activating group) is 1. The van der Waals surface area contributed by atoms with Crippen molar-refractivity contribution in [3.63, 3.8) is 0 Å². The summed E-state index contributed by atoms with van der Waals surface area (Å²) in [5, 5.41) is 8.06. The maximum absolute atomic E-state index is 5.90. The second-order valence-electron chi connectivity index (χ2n) is 5.94. The normalized spacial score (nSPS) is 26.9. The van der Waals surface area contributed by atoms with Gasteiger partial charge in [0.1, 0.15) is 0 Å². The topological polar surface area (TPSA) is 50.7 Å². The van der Waals surface area contributed by atoms with Crippen LogP contribution in [0.25, 0.3) is 0 Å². The van der Waals surface area contributed by atoms with Gasteiger partial charge in [-0.05, 0) is 24.5 Å². The predicted octanol–water partition coefficient (Wildman–Crippen LogP) is 0.650. The maximum Gasteiger partial charge on any atom is 0.151 e. The number of hydrogen-bond acceptors (Lipinski definition) is 6. The van der Waals surface area contributed by atoms with E-state index in [-0.39, 0.29) is 6.10 Å². The van der Waals surface area contributed by atoms with Crippen LogP contribution in [0.2, 0.25) is 0 Å². The van der Waals surface area contributed by atoms with E-state index in [0.717, 1.165) is 51.8 Å². The largest absolute Gasteiger partial charge is 0.381 e. The molecule has 2 saturated heterocycles. The Kier molecular flexibility index (Phi) is 5.00. The fourth-order valence-corrected chi connectivity index (χ4v) is 3.05. The Balaban J connectivity index is 1.49. The van der Waals surface area contributed by atoms with Crippen molar-refractivity contribution in [1.29, 1.82) is 0 Å². The molecule has 0 amide bonds. The zero-order valence-electron chi connectivity index (χ0n) is 12.6. The Morgan fingerprint density at radius 2 is 2.38 bits per heavy atom. The highest BCUT2D eigenvalue weighted by molar-refractivity contribution is 5.35. The van der Waals surface area contributed by atoms with E-state index < -0.39 is 0 Å². The van der Waals surface area contributed by atoms with Crippen molar-refractivity contribution in [3.05, 3.63) is 18.3 Å². The summed E-state index contributed by atoms with van der Waals surface area (Å²) in [6.07, 6.45) is 3.12. The molecule has 0 saturated carbocycles. The quantitative estimate of drug-likeness (QED) is 0.794. The van der Waals surface area contributed by atoms with Crippen LogP contribution in [0, 0.1) is 5.92 Å². The third-order valence-corrected chi connectivity index (χ3v) is 4.19. The van der Waals surface area contributed by atoms with Gasteiger partial charge < -0.3 is 14.4 Å². The molecule has 2 aliphatic heterocycles. The van der Waals surface area contributed by atoms with Crippen molar-refractivity contribution < 1.29 is 9.47 Å². The van der Waals surface area contributed by atoms with E-state index in [9.17, 15) is 0 Å². The minimum absolute atomic E-state index is 0.230. The molecule has 0 spiro atoms. The van der Waals surface area contributed by atoms with Gasteiger partial charge in [-0.3, -0.25) is 4.90 Å². The van der Waals surface area contributed by atoms with E-state index in [2.05, 4.69) is 20.0 Å². The van der Waals surface area contributed by atoms with Crippen LogP contribution in [0.1, 0.15) is 6.42 Å². The lowest BCUT2D eigenvalue weighted by atomic mass is 10.1. The Bertz CT molecular complexity index is 425. The first-order valence-corrected chi connectivity index (χ1v) is 7.72. The first-order chi connectivity index (χ1) is 10.3. The second kappa shape index (κ2) is 7.15. The van der Waals surface area contributed by atoms with Gasteiger partial charge in [-0.1, -0.05) is 0 Å². The van der Waals surface area contributed by atoms with Crippen LogP contribution in [0.3, 0.4) is 0 Å². The smallest absolute Gasteiger partial charge is 0.151 e. The summed E-state index contributed by atoms with van der Waals surface area (Å²) in [5.41, 5.74) is 0. The third kappa shape index (κ3) is 4.12. The van der Waals surface area contributed by atoms with Gasteiger partial charge in [-0.2, -0.15) is 5.10 Å². The van der Waals surface area contributed by atoms with Crippen LogP contribution in [-0.4, -0.2) is 74.2 Å². The number of aromatic nitrogens is 2. The monoisotopic (exact) mass is 292 g/mol. The molecule has 3 rings (SSSR count). The zero-order chi connectivity index (χ0) is 14.5. The fraction of sp³-hybridized carbons (Fsp3) is 0.733. The van der Waals surface area contributed by atoms with Crippen LogP contribution in [0.15, 0.2) is 18.3 Å². The van der Waals surface area contributed by atoms with Crippen LogP contribution < -0.4 is 4.90 Å². The molecule has 2 fully saturated rings. The molecule has 0 aliphatic carbocycles.